The summed E-state index contributed by atoms with van der Waals surface area (Å²) in [5.74, 6) is -1.56. The van der Waals surface area contributed by atoms with E-state index in [0.29, 0.717) is 12.8 Å². The zero-order chi connectivity index (χ0) is 12.8. The number of carboxylic acid groups (broad SMARTS) is 1. The highest BCUT2D eigenvalue weighted by Crippen LogP contribution is 2.02. The molecule has 1 amide bonds. The molecule has 0 saturated carbocycles. The van der Waals surface area contributed by atoms with E-state index in [2.05, 4.69) is 22.1 Å². The van der Waals surface area contributed by atoms with E-state index in [1.165, 1.54) is 0 Å². The van der Waals surface area contributed by atoms with Crippen LogP contribution in [0.3, 0.4) is 0 Å². The maximum absolute atomic E-state index is 11.7. The van der Waals surface area contributed by atoms with E-state index in [4.69, 9.17) is 5.11 Å². The number of aromatic amines is 1. The van der Waals surface area contributed by atoms with Gasteiger partial charge in [-0.25, -0.2) is 4.79 Å². The van der Waals surface area contributed by atoms with Crippen molar-refractivity contribution in [2.75, 3.05) is 0 Å². The lowest BCUT2D eigenvalue weighted by Gasteiger charge is -2.12. The molecule has 0 fully saturated rings. The van der Waals surface area contributed by atoms with Gasteiger partial charge >= 0.3 is 5.97 Å². The molecule has 1 atom stereocenters. The number of allylic oxidation sites excluding steroid dienone is 1. The Balaban J connectivity index is 2.63. The van der Waals surface area contributed by atoms with Gasteiger partial charge in [0, 0.05) is 5.69 Å². The van der Waals surface area contributed by atoms with Crippen molar-refractivity contribution in [2.24, 2.45) is 0 Å². The van der Waals surface area contributed by atoms with Crippen molar-refractivity contribution in [3.8, 4) is 0 Å². The molecule has 0 aliphatic carbocycles. The smallest absolute Gasteiger partial charge is 0.326 e. The van der Waals surface area contributed by atoms with E-state index in [0.717, 1.165) is 5.69 Å². The second kappa shape index (κ2) is 5.83. The fraction of sp³-hybridized carbons (Fsp3) is 0.364. The average Bonchev–Trinajstić information content (AvgIpc) is 2.70. The Morgan fingerprint density at radius 2 is 2.41 bits per heavy atom. The normalized spacial score (nSPS) is 11.8. The van der Waals surface area contributed by atoms with Crippen LogP contribution in [0.4, 0.5) is 0 Å². The lowest BCUT2D eigenvalue weighted by molar-refractivity contribution is -0.139. The van der Waals surface area contributed by atoms with Crippen molar-refractivity contribution in [3.05, 3.63) is 30.1 Å². The average molecular weight is 237 g/mol. The molecule has 1 unspecified atom stereocenters. The number of carbonyl (C=O) groups is 2. The van der Waals surface area contributed by atoms with Crippen LogP contribution in [0.25, 0.3) is 0 Å². The summed E-state index contributed by atoms with van der Waals surface area (Å²) in [6.45, 7) is 5.27. The van der Waals surface area contributed by atoms with Gasteiger partial charge in [-0.15, -0.1) is 6.58 Å². The predicted molar refractivity (Wildman–Crippen MR) is 61.6 cm³/mol. The Kier molecular flexibility index (Phi) is 4.45. The summed E-state index contributed by atoms with van der Waals surface area (Å²) < 4.78 is 0. The number of H-pyrrole nitrogens is 1. The molecule has 0 aromatic carbocycles. The van der Waals surface area contributed by atoms with Crippen LogP contribution in [-0.2, 0) is 4.79 Å². The van der Waals surface area contributed by atoms with Crippen molar-refractivity contribution >= 4 is 11.9 Å². The third-order valence-electron chi connectivity index (χ3n) is 2.20. The number of aromatic nitrogens is 2. The van der Waals surface area contributed by atoms with E-state index in [9.17, 15) is 9.59 Å². The zero-order valence-electron chi connectivity index (χ0n) is 9.56. The van der Waals surface area contributed by atoms with Gasteiger partial charge in [-0.1, -0.05) is 6.08 Å². The molecule has 6 heteroatoms. The molecule has 1 rings (SSSR count). The molecule has 1 aromatic rings. The number of rotatable bonds is 6. The second-order valence-corrected chi connectivity index (χ2v) is 3.67. The highest BCUT2D eigenvalue weighted by atomic mass is 16.4. The number of hydrogen-bond acceptors (Lipinski definition) is 3. The highest BCUT2D eigenvalue weighted by Gasteiger charge is 2.20. The highest BCUT2D eigenvalue weighted by molar-refractivity contribution is 5.94. The Morgan fingerprint density at radius 3 is 2.88 bits per heavy atom. The summed E-state index contributed by atoms with van der Waals surface area (Å²) in [5.41, 5.74) is 0.931. The van der Waals surface area contributed by atoms with E-state index >= 15 is 0 Å². The van der Waals surface area contributed by atoms with Crippen molar-refractivity contribution in [1.82, 2.24) is 15.5 Å². The number of nitrogens with zero attached hydrogens (tertiary/aromatic N) is 1. The minimum atomic E-state index is -1.06. The van der Waals surface area contributed by atoms with Gasteiger partial charge in [-0.05, 0) is 25.8 Å². The molecular formula is C11H15N3O3. The lowest BCUT2D eigenvalue weighted by Crippen LogP contribution is -2.40. The molecule has 0 aliphatic heterocycles. The minimum absolute atomic E-state index is 0.187. The molecule has 3 N–H and O–H groups in total. The van der Waals surface area contributed by atoms with Crippen LogP contribution in [0.15, 0.2) is 18.7 Å². The van der Waals surface area contributed by atoms with E-state index in [1.54, 1.807) is 19.1 Å². The monoisotopic (exact) mass is 237 g/mol. The largest absolute Gasteiger partial charge is 0.480 e. The fourth-order valence-corrected chi connectivity index (χ4v) is 1.31. The van der Waals surface area contributed by atoms with Gasteiger partial charge in [0.15, 0.2) is 0 Å². The number of carboxylic acids is 1. The first-order chi connectivity index (χ1) is 8.04. The number of aryl methyl sites for hydroxylation is 1. The van der Waals surface area contributed by atoms with E-state index in [-0.39, 0.29) is 5.69 Å². The first-order valence-electron chi connectivity index (χ1n) is 5.21. The molecule has 0 aliphatic rings. The van der Waals surface area contributed by atoms with Crippen molar-refractivity contribution in [1.29, 1.82) is 0 Å². The van der Waals surface area contributed by atoms with Crippen LogP contribution < -0.4 is 5.32 Å². The van der Waals surface area contributed by atoms with Crippen LogP contribution >= 0.6 is 0 Å². The van der Waals surface area contributed by atoms with Crippen molar-refractivity contribution in [3.63, 3.8) is 0 Å². The van der Waals surface area contributed by atoms with Gasteiger partial charge < -0.3 is 10.4 Å². The van der Waals surface area contributed by atoms with Crippen LogP contribution in [-0.4, -0.2) is 33.2 Å². The van der Waals surface area contributed by atoms with Crippen LogP contribution in [0.2, 0.25) is 0 Å². The first kappa shape index (κ1) is 13.0. The maximum atomic E-state index is 11.7. The summed E-state index contributed by atoms with van der Waals surface area (Å²) >= 11 is 0. The van der Waals surface area contributed by atoms with Crippen LogP contribution in [0.5, 0.6) is 0 Å². The molecule has 1 aromatic heterocycles. The number of nitrogens with one attached hydrogen (secondary N) is 2. The molecule has 92 valence electrons. The molecule has 0 radical (unpaired) electrons. The quantitative estimate of drug-likeness (QED) is 0.640. The Bertz CT molecular complexity index is 425. The van der Waals surface area contributed by atoms with Crippen molar-refractivity contribution in [2.45, 2.75) is 25.8 Å². The van der Waals surface area contributed by atoms with Gasteiger partial charge in [-0.2, -0.15) is 5.10 Å². The maximum Gasteiger partial charge on any atom is 0.326 e. The fourth-order valence-electron chi connectivity index (χ4n) is 1.31. The number of amides is 1. The topological polar surface area (TPSA) is 95.1 Å². The van der Waals surface area contributed by atoms with Gasteiger partial charge in [-0.3, -0.25) is 9.89 Å². The third kappa shape index (κ3) is 3.75. The van der Waals surface area contributed by atoms with E-state index < -0.39 is 17.9 Å². The number of carbonyl (C=O) groups excluding carboxylic acids is 1. The molecule has 0 spiro atoms. The van der Waals surface area contributed by atoms with Gasteiger partial charge in [0.25, 0.3) is 5.91 Å². The zero-order valence-corrected chi connectivity index (χ0v) is 9.56. The molecule has 17 heavy (non-hydrogen) atoms. The number of aliphatic carboxylic acids is 1. The molecular weight excluding hydrogens is 222 g/mol. The Labute approximate surface area is 98.7 Å². The first-order valence-corrected chi connectivity index (χ1v) is 5.21. The summed E-state index contributed by atoms with van der Waals surface area (Å²) in [6, 6.07) is 0.638. The summed E-state index contributed by atoms with van der Waals surface area (Å²) in [4.78, 5) is 22.6. The Morgan fingerprint density at radius 1 is 1.71 bits per heavy atom. The molecule has 1 heterocycles. The summed E-state index contributed by atoms with van der Waals surface area (Å²) in [7, 11) is 0. The third-order valence-corrected chi connectivity index (χ3v) is 2.20. The summed E-state index contributed by atoms with van der Waals surface area (Å²) in [5, 5.41) is 17.7. The van der Waals surface area contributed by atoms with Crippen LogP contribution in [0.1, 0.15) is 29.0 Å². The minimum Gasteiger partial charge on any atom is -0.480 e. The van der Waals surface area contributed by atoms with Gasteiger partial charge in [0.2, 0.25) is 0 Å². The molecule has 0 saturated heterocycles. The second-order valence-electron chi connectivity index (χ2n) is 3.67. The van der Waals surface area contributed by atoms with E-state index in [1.807, 2.05) is 0 Å². The predicted octanol–water partition coefficient (Wildman–Crippen LogP) is 0.867. The molecule has 0 bridgehead atoms. The van der Waals surface area contributed by atoms with Crippen molar-refractivity contribution < 1.29 is 14.7 Å². The van der Waals surface area contributed by atoms with Crippen LogP contribution in [0, 0.1) is 6.92 Å². The summed E-state index contributed by atoms with van der Waals surface area (Å²) in [6.07, 6.45) is 2.45. The SMILES string of the molecule is C=CCCC(NC(=O)c1cc(C)[nH]n1)C(=O)O. The van der Waals surface area contributed by atoms with Gasteiger partial charge in [0.05, 0.1) is 0 Å². The Hall–Kier alpha value is -2.11. The molecule has 6 nitrogen and oxygen atoms in total. The standard InChI is InChI=1S/C11H15N3O3/c1-3-4-5-8(11(16)17)12-10(15)9-6-7(2)13-14-9/h3,6,8H,1,4-5H2,2H3,(H,12,15)(H,13,14)(H,16,17). The number of hydrogen-bond donors (Lipinski definition) is 3. The van der Waals surface area contributed by atoms with Gasteiger partial charge in [0.1, 0.15) is 11.7 Å². The lowest BCUT2D eigenvalue weighted by atomic mass is 10.1.